The van der Waals surface area contributed by atoms with Crippen LogP contribution in [0.25, 0.3) is 0 Å². The van der Waals surface area contributed by atoms with E-state index >= 15 is 0 Å². The molecule has 1 N–H and O–H groups in total. The number of unbranched alkanes of at least 4 members (excludes halogenated alkanes) is 2. The second-order valence-corrected chi connectivity index (χ2v) is 4.65. The van der Waals surface area contributed by atoms with E-state index < -0.39 is 4.92 Å². The molecular weight excluding hydrogens is 254 g/mol. The zero-order valence-corrected chi connectivity index (χ0v) is 11.4. The van der Waals surface area contributed by atoms with Gasteiger partial charge in [0.15, 0.2) is 0 Å². The third-order valence-corrected chi connectivity index (χ3v) is 2.98. The zero-order valence-electron chi connectivity index (χ0n) is 10.6. The van der Waals surface area contributed by atoms with E-state index in [4.69, 9.17) is 11.6 Å². The zero-order chi connectivity index (χ0) is 13.5. The Morgan fingerprint density at radius 3 is 2.89 bits per heavy atom. The highest BCUT2D eigenvalue weighted by Crippen LogP contribution is 2.31. The maximum atomic E-state index is 10.9. The average Bonchev–Trinajstić information content (AvgIpc) is 2.28. The summed E-state index contributed by atoms with van der Waals surface area (Å²) in [6.45, 7) is 4.15. The summed E-state index contributed by atoms with van der Waals surface area (Å²) in [6, 6.07) is 1.76. The number of nitrogens with one attached hydrogen (secondary N) is 1. The molecule has 0 bridgehead atoms. The van der Waals surface area contributed by atoms with E-state index in [2.05, 4.69) is 17.2 Å². The number of pyridine rings is 1. The van der Waals surface area contributed by atoms with Gasteiger partial charge in [0.25, 0.3) is 0 Å². The van der Waals surface area contributed by atoms with Crippen LogP contribution in [0.2, 0.25) is 5.15 Å². The molecule has 0 aliphatic heterocycles. The van der Waals surface area contributed by atoms with Gasteiger partial charge in [0, 0.05) is 12.2 Å². The maximum absolute atomic E-state index is 10.9. The molecule has 0 saturated carbocycles. The second kappa shape index (κ2) is 7.16. The summed E-state index contributed by atoms with van der Waals surface area (Å²) < 4.78 is 0. The lowest BCUT2D eigenvalue weighted by Crippen LogP contribution is -2.16. The minimum Gasteiger partial charge on any atom is -0.377 e. The Hall–Kier alpha value is -1.36. The highest BCUT2D eigenvalue weighted by atomic mass is 35.5. The first kappa shape index (κ1) is 14.7. The Labute approximate surface area is 112 Å². The molecule has 100 valence electrons. The molecule has 1 rings (SSSR count). The Morgan fingerprint density at radius 2 is 2.28 bits per heavy atom. The van der Waals surface area contributed by atoms with Crippen LogP contribution in [0.1, 0.15) is 39.5 Å². The molecule has 1 aromatic heterocycles. The van der Waals surface area contributed by atoms with Gasteiger partial charge in [-0.2, -0.15) is 0 Å². The molecule has 18 heavy (non-hydrogen) atoms. The molecule has 0 aliphatic carbocycles. The molecule has 1 unspecified atom stereocenters. The lowest BCUT2D eigenvalue weighted by Gasteiger charge is -2.15. The van der Waals surface area contributed by atoms with E-state index in [-0.39, 0.29) is 16.9 Å². The molecular formula is C12H18ClN3O2. The van der Waals surface area contributed by atoms with Crippen LogP contribution in [0.15, 0.2) is 12.3 Å². The molecule has 0 fully saturated rings. The van der Waals surface area contributed by atoms with Crippen LogP contribution < -0.4 is 5.32 Å². The number of rotatable bonds is 7. The van der Waals surface area contributed by atoms with Gasteiger partial charge in [-0.1, -0.05) is 37.8 Å². The fraction of sp³-hybridized carbons (Fsp3) is 0.583. The fourth-order valence-electron chi connectivity index (χ4n) is 1.76. The molecule has 1 heterocycles. The first-order chi connectivity index (χ1) is 8.56. The monoisotopic (exact) mass is 271 g/mol. The fourth-order valence-corrected chi connectivity index (χ4v) is 1.98. The van der Waals surface area contributed by atoms with Crippen LogP contribution in [0.5, 0.6) is 0 Å². The van der Waals surface area contributed by atoms with Crippen molar-refractivity contribution in [3.63, 3.8) is 0 Å². The van der Waals surface area contributed by atoms with E-state index in [0.717, 1.165) is 19.3 Å². The summed E-state index contributed by atoms with van der Waals surface area (Å²) in [4.78, 5) is 14.1. The Kier molecular flexibility index (Phi) is 5.85. The van der Waals surface area contributed by atoms with Crippen molar-refractivity contribution in [2.45, 2.75) is 45.6 Å². The highest BCUT2D eigenvalue weighted by Gasteiger charge is 2.20. The van der Waals surface area contributed by atoms with Crippen molar-refractivity contribution in [3.8, 4) is 0 Å². The molecule has 0 saturated heterocycles. The van der Waals surface area contributed by atoms with Gasteiger partial charge in [-0.15, -0.1) is 0 Å². The summed E-state index contributed by atoms with van der Waals surface area (Å²) in [5, 5.41) is 14.0. The van der Waals surface area contributed by atoms with Gasteiger partial charge in [0.05, 0.1) is 4.92 Å². The van der Waals surface area contributed by atoms with Crippen molar-refractivity contribution in [2.24, 2.45) is 0 Å². The van der Waals surface area contributed by atoms with E-state index in [1.807, 2.05) is 6.92 Å². The molecule has 0 spiro atoms. The standard InChI is InChI=1S/C12H18ClN3O2/c1-3-4-5-6-9(2)15-10-7-8-14-12(13)11(10)16(17)18/h7-9H,3-6H2,1-2H3,(H,14,15). The lowest BCUT2D eigenvalue weighted by molar-refractivity contribution is -0.384. The molecule has 1 aromatic rings. The first-order valence-corrected chi connectivity index (χ1v) is 6.49. The Morgan fingerprint density at radius 1 is 1.56 bits per heavy atom. The van der Waals surface area contributed by atoms with E-state index in [9.17, 15) is 10.1 Å². The van der Waals surface area contributed by atoms with Gasteiger partial charge in [0.1, 0.15) is 5.69 Å². The predicted molar refractivity (Wildman–Crippen MR) is 73.1 cm³/mol. The van der Waals surface area contributed by atoms with Crippen molar-refractivity contribution < 1.29 is 4.92 Å². The third-order valence-electron chi connectivity index (χ3n) is 2.70. The minimum absolute atomic E-state index is 0.0780. The molecule has 0 radical (unpaired) electrons. The number of hydrogen-bond donors (Lipinski definition) is 1. The van der Waals surface area contributed by atoms with Gasteiger partial charge in [-0.3, -0.25) is 10.1 Å². The Balaban J connectivity index is 2.72. The Bertz CT molecular complexity index is 412. The summed E-state index contributed by atoms with van der Waals surface area (Å²) in [5.41, 5.74) is 0.283. The normalized spacial score (nSPS) is 12.2. The maximum Gasteiger partial charge on any atom is 0.329 e. The quantitative estimate of drug-likeness (QED) is 0.352. The second-order valence-electron chi connectivity index (χ2n) is 4.30. The number of aromatic nitrogens is 1. The predicted octanol–water partition coefficient (Wildman–Crippen LogP) is 4.02. The number of anilines is 1. The highest BCUT2D eigenvalue weighted by molar-refractivity contribution is 6.32. The van der Waals surface area contributed by atoms with Crippen molar-refractivity contribution in [2.75, 3.05) is 5.32 Å². The van der Waals surface area contributed by atoms with Gasteiger partial charge in [-0.05, 0) is 19.4 Å². The van der Waals surface area contributed by atoms with Crippen LogP contribution in [0.3, 0.4) is 0 Å². The number of hydrogen-bond acceptors (Lipinski definition) is 4. The largest absolute Gasteiger partial charge is 0.377 e. The smallest absolute Gasteiger partial charge is 0.329 e. The van der Waals surface area contributed by atoms with Crippen LogP contribution in [-0.2, 0) is 0 Å². The summed E-state index contributed by atoms with van der Waals surface area (Å²) in [7, 11) is 0. The molecule has 1 atom stereocenters. The van der Waals surface area contributed by atoms with Crippen molar-refractivity contribution in [3.05, 3.63) is 27.5 Å². The van der Waals surface area contributed by atoms with Crippen LogP contribution in [0, 0.1) is 10.1 Å². The van der Waals surface area contributed by atoms with Gasteiger partial charge in [-0.25, -0.2) is 4.98 Å². The van der Waals surface area contributed by atoms with Crippen molar-refractivity contribution >= 4 is 23.0 Å². The van der Waals surface area contributed by atoms with E-state index in [1.165, 1.54) is 12.6 Å². The topological polar surface area (TPSA) is 68.1 Å². The van der Waals surface area contributed by atoms with Gasteiger partial charge < -0.3 is 5.32 Å². The van der Waals surface area contributed by atoms with Crippen LogP contribution >= 0.6 is 11.6 Å². The third kappa shape index (κ3) is 4.14. The van der Waals surface area contributed by atoms with E-state index in [1.54, 1.807) is 6.07 Å². The van der Waals surface area contributed by atoms with Gasteiger partial charge >= 0.3 is 5.69 Å². The first-order valence-electron chi connectivity index (χ1n) is 6.11. The number of nitro groups is 1. The summed E-state index contributed by atoms with van der Waals surface area (Å²) >= 11 is 5.74. The molecule has 0 aromatic carbocycles. The van der Waals surface area contributed by atoms with Crippen LogP contribution in [0.4, 0.5) is 11.4 Å². The molecule has 5 nitrogen and oxygen atoms in total. The molecule has 0 amide bonds. The summed E-state index contributed by atoms with van der Waals surface area (Å²) in [5.74, 6) is 0. The molecule has 6 heteroatoms. The number of halogens is 1. The number of nitrogens with zero attached hydrogens (tertiary/aromatic N) is 2. The SMILES string of the molecule is CCCCCC(C)Nc1ccnc(Cl)c1[N+](=O)[O-]. The minimum atomic E-state index is -0.504. The molecule has 0 aliphatic rings. The lowest BCUT2D eigenvalue weighted by atomic mass is 10.1. The van der Waals surface area contributed by atoms with Crippen LogP contribution in [-0.4, -0.2) is 15.9 Å². The van der Waals surface area contributed by atoms with Crippen molar-refractivity contribution in [1.29, 1.82) is 0 Å². The van der Waals surface area contributed by atoms with Crippen molar-refractivity contribution in [1.82, 2.24) is 4.98 Å². The average molecular weight is 272 g/mol. The van der Waals surface area contributed by atoms with E-state index in [0.29, 0.717) is 5.69 Å². The summed E-state index contributed by atoms with van der Waals surface area (Å²) in [6.07, 6.45) is 5.89. The van der Waals surface area contributed by atoms with Gasteiger partial charge in [0.2, 0.25) is 5.15 Å².